The van der Waals surface area contributed by atoms with Gasteiger partial charge in [0.1, 0.15) is 12.2 Å². The Kier molecular flexibility index (Phi) is 5.04. The topological polar surface area (TPSA) is 97.2 Å². The molecule has 0 aromatic carbocycles. The largest absolute Gasteiger partial charge is 0.336 e. The molecule has 0 radical (unpaired) electrons. The molecule has 1 aromatic heterocycles. The van der Waals surface area contributed by atoms with Gasteiger partial charge in [-0.05, 0) is 25.7 Å². The van der Waals surface area contributed by atoms with E-state index in [1.807, 2.05) is 11.6 Å². The van der Waals surface area contributed by atoms with E-state index in [4.69, 9.17) is 0 Å². The zero-order valence-corrected chi connectivity index (χ0v) is 15.8. The number of piperidine rings is 1. The van der Waals surface area contributed by atoms with Crippen LogP contribution >= 0.6 is 0 Å². The van der Waals surface area contributed by atoms with Crippen LogP contribution in [0.2, 0.25) is 0 Å². The van der Waals surface area contributed by atoms with Gasteiger partial charge in [0.15, 0.2) is 9.84 Å². The van der Waals surface area contributed by atoms with E-state index in [9.17, 15) is 13.2 Å². The molecule has 9 heteroatoms. The van der Waals surface area contributed by atoms with Gasteiger partial charge in [-0.15, -0.1) is 10.2 Å². The molecule has 0 bridgehead atoms. The standard InChI is InChI=1S/C16H27N5O3S/c1-20-12-18-19-14(20)13-5-9-21(10-6-13)15(22)17-11-16(25(2,23)24)7-3-4-8-16/h12-13H,3-11H2,1-2H3,(H,17,22). The van der Waals surface area contributed by atoms with Crippen LogP contribution in [0.25, 0.3) is 0 Å². The monoisotopic (exact) mass is 369 g/mol. The Morgan fingerprint density at radius 3 is 2.48 bits per heavy atom. The highest BCUT2D eigenvalue weighted by atomic mass is 32.2. The highest BCUT2D eigenvalue weighted by molar-refractivity contribution is 7.92. The summed E-state index contributed by atoms with van der Waals surface area (Å²) < 4.78 is 25.5. The maximum Gasteiger partial charge on any atom is 0.317 e. The van der Waals surface area contributed by atoms with Crippen LogP contribution in [0, 0.1) is 0 Å². The Hall–Kier alpha value is -1.64. The molecular weight excluding hydrogens is 342 g/mol. The fourth-order valence-corrected chi connectivity index (χ4v) is 5.41. The Morgan fingerprint density at radius 2 is 1.96 bits per heavy atom. The van der Waals surface area contributed by atoms with Crippen LogP contribution in [-0.2, 0) is 16.9 Å². The third-order valence-electron chi connectivity index (χ3n) is 5.76. The van der Waals surface area contributed by atoms with Gasteiger partial charge >= 0.3 is 6.03 Å². The maximum absolute atomic E-state index is 12.5. The number of aryl methyl sites for hydroxylation is 1. The first-order valence-corrected chi connectivity index (χ1v) is 10.8. The summed E-state index contributed by atoms with van der Waals surface area (Å²) in [7, 11) is -1.25. The van der Waals surface area contributed by atoms with Gasteiger partial charge in [0.25, 0.3) is 0 Å². The first kappa shape index (κ1) is 18.2. The second-order valence-electron chi connectivity index (χ2n) is 7.38. The molecular formula is C16H27N5O3S. The lowest BCUT2D eigenvalue weighted by Gasteiger charge is -2.33. The zero-order valence-electron chi connectivity index (χ0n) is 14.9. The molecule has 2 fully saturated rings. The lowest BCUT2D eigenvalue weighted by molar-refractivity contribution is 0.179. The second-order valence-corrected chi connectivity index (χ2v) is 9.79. The van der Waals surface area contributed by atoms with Crippen LogP contribution in [-0.4, -0.2) is 64.8 Å². The molecule has 0 atom stereocenters. The zero-order chi connectivity index (χ0) is 18.1. The predicted molar refractivity (Wildman–Crippen MR) is 94.0 cm³/mol. The van der Waals surface area contributed by atoms with Crippen molar-refractivity contribution in [2.45, 2.75) is 49.2 Å². The number of nitrogens with one attached hydrogen (secondary N) is 1. The van der Waals surface area contributed by atoms with Gasteiger partial charge in [0.2, 0.25) is 0 Å². The number of rotatable bonds is 4. The van der Waals surface area contributed by atoms with E-state index in [1.54, 1.807) is 11.2 Å². The molecule has 1 saturated heterocycles. The molecule has 2 heterocycles. The molecule has 1 aromatic rings. The van der Waals surface area contributed by atoms with Crippen LogP contribution in [0.1, 0.15) is 50.3 Å². The quantitative estimate of drug-likeness (QED) is 0.856. The van der Waals surface area contributed by atoms with E-state index in [-0.39, 0.29) is 12.6 Å². The molecule has 2 aliphatic rings. The molecule has 8 nitrogen and oxygen atoms in total. The van der Waals surface area contributed by atoms with Gasteiger partial charge in [-0.25, -0.2) is 13.2 Å². The van der Waals surface area contributed by atoms with Crippen LogP contribution < -0.4 is 5.32 Å². The summed E-state index contributed by atoms with van der Waals surface area (Å²) in [6.07, 6.45) is 7.77. The van der Waals surface area contributed by atoms with Crippen molar-refractivity contribution in [1.82, 2.24) is 25.0 Å². The Labute approximate surface area is 148 Å². The number of hydrogen-bond acceptors (Lipinski definition) is 5. The minimum absolute atomic E-state index is 0.161. The van der Waals surface area contributed by atoms with E-state index in [1.165, 1.54) is 6.26 Å². The van der Waals surface area contributed by atoms with Crippen LogP contribution in [0.4, 0.5) is 4.79 Å². The van der Waals surface area contributed by atoms with Gasteiger partial charge in [0, 0.05) is 38.9 Å². The summed E-state index contributed by atoms with van der Waals surface area (Å²) in [4.78, 5) is 14.2. The number of nitrogens with zero attached hydrogens (tertiary/aromatic N) is 4. The second kappa shape index (κ2) is 6.93. The summed E-state index contributed by atoms with van der Waals surface area (Å²) >= 11 is 0. The van der Waals surface area contributed by atoms with Crippen molar-refractivity contribution < 1.29 is 13.2 Å². The number of likely N-dealkylation sites (tertiary alicyclic amines) is 1. The van der Waals surface area contributed by atoms with Crippen molar-refractivity contribution in [3.8, 4) is 0 Å². The molecule has 1 aliphatic carbocycles. The first-order valence-electron chi connectivity index (χ1n) is 8.89. The summed E-state index contributed by atoms with van der Waals surface area (Å²) in [6, 6.07) is -0.161. The fourth-order valence-electron chi connectivity index (χ4n) is 4.05. The molecule has 1 N–H and O–H groups in total. The number of sulfone groups is 1. The van der Waals surface area contributed by atoms with Crippen molar-refractivity contribution in [2.24, 2.45) is 7.05 Å². The fraction of sp³-hybridized carbons (Fsp3) is 0.812. The minimum atomic E-state index is -3.18. The summed E-state index contributed by atoms with van der Waals surface area (Å²) in [6.45, 7) is 1.51. The number of urea groups is 1. The Bertz CT molecular complexity index is 716. The third-order valence-corrected chi connectivity index (χ3v) is 7.88. The number of amides is 2. The molecule has 1 saturated carbocycles. The van der Waals surface area contributed by atoms with Crippen molar-refractivity contribution in [2.75, 3.05) is 25.9 Å². The van der Waals surface area contributed by atoms with Crippen molar-refractivity contribution in [3.63, 3.8) is 0 Å². The predicted octanol–water partition coefficient (Wildman–Crippen LogP) is 1.06. The lowest BCUT2D eigenvalue weighted by atomic mass is 9.96. The average Bonchev–Trinajstić information content (AvgIpc) is 3.22. The smallest absolute Gasteiger partial charge is 0.317 e. The third kappa shape index (κ3) is 3.65. The van der Waals surface area contributed by atoms with Crippen molar-refractivity contribution in [3.05, 3.63) is 12.2 Å². The molecule has 0 spiro atoms. The van der Waals surface area contributed by atoms with E-state index < -0.39 is 14.6 Å². The average molecular weight is 369 g/mol. The number of hydrogen-bond donors (Lipinski definition) is 1. The Morgan fingerprint density at radius 1 is 1.32 bits per heavy atom. The van der Waals surface area contributed by atoms with Gasteiger partial charge in [0.05, 0.1) is 4.75 Å². The van der Waals surface area contributed by atoms with Gasteiger partial charge < -0.3 is 14.8 Å². The first-order chi connectivity index (χ1) is 11.8. The van der Waals surface area contributed by atoms with Gasteiger partial charge in [-0.1, -0.05) is 12.8 Å². The Balaban J connectivity index is 1.54. The molecule has 3 rings (SSSR count). The highest BCUT2D eigenvalue weighted by Gasteiger charge is 2.43. The van der Waals surface area contributed by atoms with Crippen LogP contribution in [0.3, 0.4) is 0 Å². The van der Waals surface area contributed by atoms with E-state index in [2.05, 4.69) is 15.5 Å². The summed E-state index contributed by atoms with van der Waals surface area (Å²) in [5.74, 6) is 1.27. The van der Waals surface area contributed by atoms with Crippen LogP contribution in [0.15, 0.2) is 6.33 Å². The number of aromatic nitrogens is 3. The highest BCUT2D eigenvalue weighted by Crippen LogP contribution is 2.36. The summed E-state index contributed by atoms with van der Waals surface area (Å²) in [5, 5.41) is 11.0. The SMILES string of the molecule is Cn1cnnc1C1CCN(C(=O)NCC2(S(C)(=O)=O)CCCC2)CC1. The molecule has 2 amide bonds. The van der Waals surface area contributed by atoms with Gasteiger partial charge in [-0.2, -0.15) is 0 Å². The minimum Gasteiger partial charge on any atom is -0.336 e. The van der Waals surface area contributed by atoms with E-state index in [0.29, 0.717) is 31.8 Å². The molecule has 0 unspecified atom stereocenters. The maximum atomic E-state index is 12.5. The van der Waals surface area contributed by atoms with Crippen LogP contribution in [0.5, 0.6) is 0 Å². The molecule has 25 heavy (non-hydrogen) atoms. The summed E-state index contributed by atoms with van der Waals surface area (Å²) in [5.41, 5.74) is 0. The van der Waals surface area contributed by atoms with E-state index in [0.717, 1.165) is 31.5 Å². The van der Waals surface area contributed by atoms with Gasteiger partial charge in [-0.3, -0.25) is 0 Å². The van der Waals surface area contributed by atoms with E-state index >= 15 is 0 Å². The normalized spacial score (nSPS) is 21.4. The lowest BCUT2D eigenvalue weighted by Crippen LogP contribution is -2.51. The molecule has 140 valence electrons. The molecule has 1 aliphatic heterocycles. The number of carbonyl (C=O) groups is 1. The number of carbonyl (C=O) groups excluding carboxylic acids is 1. The van der Waals surface area contributed by atoms with Crippen molar-refractivity contribution in [1.29, 1.82) is 0 Å². The van der Waals surface area contributed by atoms with Crippen molar-refractivity contribution >= 4 is 15.9 Å².